The third-order valence-electron chi connectivity index (χ3n) is 5.42. The molecule has 1 amide bonds. The zero-order chi connectivity index (χ0) is 18.8. The van der Waals surface area contributed by atoms with Crippen LogP contribution in [0.3, 0.4) is 0 Å². The third kappa shape index (κ3) is 3.80. The maximum atomic E-state index is 12.6. The molecule has 27 heavy (non-hydrogen) atoms. The number of benzene rings is 1. The van der Waals surface area contributed by atoms with Crippen molar-refractivity contribution >= 4 is 17.5 Å². The summed E-state index contributed by atoms with van der Waals surface area (Å²) in [4.78, 5) is 29.1. The minimum atomic E-state index is -0.0155. The van der Waals surface area contributed by atoms with Crippen molar-refractivity contribution in [3.05, 3.63) is 51.2 Å². The van der Waals surface area contributed by atoms with Gasteiger partial charge in [-0.15, -0.1) is 0 Å². The standard InChI is InChI=1S/C19H24ClN5O2/c20-16-6-2-1-5-15(16)18(26)23-12-9-22(10-13-23)11-14-25-19(27)24-8-4-3-7-17(24)21-25/h1-2,5-6H,3-4,7-14H2. The van der Waals surface area contributed by atoms with Crippen LogP contribution in [0.5, 0.6) is 0 Å². The van der Waals surface area contributed by atoms with Crippen LogP contribution in [0.2, 0.25) is 5.02 Å². The Balaban J connectivity index is 1.31. The lowest BCUT2D eigenvalue weighted by atomic mass is 10.2. The van der Waals surface area contributed by atoms with Gasteiger partial charge in [0.05, 0.1) is 17.1 Å². The molecule has 2 aliphatic rings. The molecule has 0 atom stereocenters. The molecule has 0 radical (unpaired) electrons. The molecular weight excluding hydrogens is 366 g/mol. The summed E-state index contributed by atoms with van der Waals surface area (Å²) in [5.41, 5.74) is 0.569. The van der Waals surface area contributed by atoms with E-state index in [1.165, 1.54) is 0 Å². The fourth-order valence-electron chi connectivity index (χ4n) is 3.81. The van der Waals surface area contributed by atoms with Gasteiger partial charge in [-0.3, -0.25) is 14.3 Å². The number of aromatic nitrogens is 3. The summed E-state index contributed by atoms with van der Waals surface area (Å²) in [6.45, 7) is 5.06. The average Bonchev–Trinajstić information content (AvgIpc) is 3.03. The number of piperazine rings is 1. The number of amides is 1. The highest BCUT2D eigenvalue weighted by Gasteiger charge is 2.24. The maximum Gasteiger partial charge on any atom is 0.345 e. The predicted octanol–water partition coefficient (Wildman–Crippen LogP) is 1.49. The van der Waals surface area contributed by atoms with E-state index in [4.69, 9.17) is 11.6 Å². The summed E-state index contributed by atoms with van der Waals surface area (Å²) in [7, 11) is 0. The Morgan fingerprint density at radius 3 is 2.56 bits per heavy atom. The lowest BCUT2D eigenvalue weighted by Gasteiger charge is -2.34. The van der Waals surface area contributed by atoms with Crippen LogP contribution < -0.4 is 5.69 Å². The van der Waals surface area contributed by atoms with Crippen molar-refractivity contribution in [2.75, 3.05) is 32.7 Å². The molecule has 1 aromatic carbocycles. The molecule has 0 spiro atoms. The third-order valence-corrected chi connectivity index (χ3v) is 5.75. The molecule has 1 fully saturated rings. The topological polar surface area (TPSA) is 63.4 Å². The van der Waals surface area contributed by atoms with Gasteiger partial charge in [-0.1, -0.05) is 23.7 Å². The molecule has 4 rings (SSSR count). The molecule has 0 bridgehead atoms. The van der Waals surface area contributed by atoms with E-state index in [1.54, 1.807) is 16.8 Å². The Morgan fingerprint density at radius 2 is 1.81 bits per heavy atom. The van der Waals surface area contributed by atoms with E-state index in [9.17, 15) is 9.59 Å². The molecule has 1 aromatic heterocycles. The molecule has 3 heterocycles. The van der Waals surface area contributed by atoms with E-state index in [0.29, 0.717) is 30.2 Å². The number of rotatable bonds is 4. The molecule has 8 heteroatoms. The fraction of sp³-hybridized carbons (Fsp3) is 0.526. The van der Waals surface area contributed by atoms with Crippen molar-refractivity contribution in [1.29, 1.82) is 0 Å². The summed E-state index contributed by atoms with van der Waals surface area (Å²) in [6, 6.07) is 7.17. The van der Waals surface area contributed by atoms with Gasteiger partial charge in [0, 0.05) is 45.7 Å². The largest absolute Gasteiger partial charge is 0.345 e. The van der Waals surface area contributed by atoms with Gasteiger partial charge in [-0.05, 0) is 25.0 Å². The smallest absolute Gasteiger partial charge is 0.336 e. The van der Waals surface area contributed by atoms with Crippen LogP contribution in [0.4, 0.5) is 0 Å². The first-order chi connectivity index (χ1) is 13.1. The first kappa shape index (κ1) is 18.3. The average molecular weight is 390 g/mol. The highest BCUT2D eigenvalue weighted by molar-refractivity contribution is 6.33. The molecule has 2 aliphatic heterocycles. The number of nitrogens with zero attached hydrogens (tertiary/aromatic N) is 5. The van der Waals surface area contributed by atoms with Crippen LogP contribution in [-0.2, 0) is 19.5 Å². The SMILES string of the molecule is O=C(c1ccccc1Cl)N1CCN(CCn2nc3n(c2=O)CCCC3)CC1. The van der Waals surface area contributed by atoms with Crippen molar-refractivity contribution < 1.29 is 4.79 Å². The van der Waals surface area contributed by atoms with Crippen LogP contribution in [0, 0.1) is 0 Å². The van der Waals surface area contributed by atoms with Crippen molar-refractivity contribution in [3.8, 4) is 0 Å². The molecule has 1 saturated heterocycles. The van der Waals surface area contributed by atoms with Gasteiger partial charge >= 0.3 is 5.69 Å². The minimum Gasteiger partial charge on any atom is -0.336 e. The summed E-state index contributed by atoms with van der Waals surface area (Å²) in [5, 5.41) is 4.98. The Hall–Kier alpha value is -2.12. The van der Waals surface area contributed by atoms with Gasteiger partial charge in [0.2, 0.25) is 0 Å². The monoisotopic (exact) mass is 389 g/mol. The second kappa shape index (κ2) is 7.86. The molecule has 0 N–H and O–H groups in total. The molecule has 2 aromatic rings. The van der Waals surface area contributed by atoms with Gasteiger partial charge in [0.15, 0.2) is 0 Å². The first-order valence-electron chi connectivity index (χ1n) is 9.56. The Bertz CT molecular complexity index is 882. The zero-order valence-corrected chi connectivity index (χ0v) is 16.1. The van der Waals surface area contributed by atoms with Gasteiger partial charge in [-0.25, -0.2) is 9.48 Å². The number of fused-ring (bicyclic) bond motifs is 1. The lowest BCUT2D eigenvalue weighted by Crippen LogP contribution is -2.49. The Kier molecular flexibility index (Phi) is 5.31. The number of aryl methyl sites for hydroxylation is 1. The molecule has 7 nitrogen and oxygen atoms in total. The van der Waals surface area contributed by atoms with Crippen molar-refractivity contribution in [2.45, 2.75) is 32.4 Å². The summed E-state index contributed by atoms with van der Waals surface area (Å²) in [5.74, 6) is 0.902. The second-order valence-electron chi connectivity index (χ2n) is 7.14. The van der Waals surface area contributed by atoms with Crippen molar-refractivity contribution in [1.82, 2.24) is 24.1 Å². The highest BCUT2D eigenvalue weighted by atomic mass is 35.5. The molecule has 0 saturated carbocycles. The van der Waals surface area contributed by atoms with Crippen LogP contribution in [0.15, 0.2) is 29.1 Å². The van der Waals surface area contributed by atoms with Gasteiger partial charge in [0.25, 0.3) is 5.91 Å². The van der Waals surface area contributed by atoms with E-state index in [2.05, 4.69) is 10.00 Å². The minimum absolute atomic E-state index is 0.0113. The highest BCUT2D eigenvalue weighted by Crippen LogP contribution is 2.18. The van der Waals surface area contributed by atoms with Crippen LogP contribution >= 0.6 is 11.6 Å². The van der Waals surface area contributed by atoms with Crippen LogP contribution in [0.25, 0.3) is 0 Å². The quantitative estimate of drug-likeness (QED) is 0.794. The van der Waals surface area contributed by atoms with Crippen molar-refractivity contribution in [3.63, 3.8) is 0 Å². The van der Waals surface area contributed by atoms with Crippen LogP contribution in [-0.4, -0.2) is 62.8 Å². The van der Waals surface area contributed by atoms with E-state index in [-0.39, 0.29) is 11.6 Å². The molecule has 0 aliphatic carbocycles. The Labute approximate surface area is 163 Å². The summed E-state index contributed by atoms with van der Waals surface area (Å²) >= 11 is 6.14. The summed E-state index contributed by atoms with van der Waals surface area (Å²) < 4.78 is 3.41. The summed E-state index contributed by atoms with van der Waals surface area (Å²) in [6.07, 6.45) is 3.06. The van der Waals surface area contributed by atoms with Gasteiger partial charge in [0.1, 0.15) is 5.82 Å². The number of hydrogen-bond acceptors (Lipinski definition) is 4. The lowest BCUT2D eigenvalue weighted by molar-refractivity contribution is 0.0631. The molecule has 144 valence electrons. The van der Waals surface area contributed by atoms with E-state index in [1.807, 2.05) is 21.6 Å². The number of hydrogen-bond donors (Lipinski definition) is 0. The normalized spacial score (nSPS) is 17.7. The van der Waals surface area contributed by atoms with Crippen molar-refractivity contribution in [2.24, 2.45) is 0 Å². The van der Waals surface area contributed by atoms with Gasteiger partial charge < -0.3 is 4.90 Å². The zero-order valence-electron chi connectivity index (χ0n) is 15.3. The predicted molar refractivity (Wildman–Crippen MR) is 103 cm³/mol. The van der Waals surface area contributed by atoms with E-state index in [0.717, 1.165) is 51.3 Å². The van der Waals surface area contributed by atoms with E-state index >= 15 is 0 Å². The number of carbonyl (C=O) groups is 1. The first-order valence-corrected chi connectivity index (χ1v) is 9.94. The maximum absolute atomic E-state index is 12.6. The van der Waals surface area contributed by atoms with Gasteiger partial charge in [-0.2, -0.15) is 5.10 Å². The van der Waals surface area contributed by atoms with E-state index < -0.39 is 0 Å². The fourth-order valence-corrected chi connectivity index (χ4v) is 4.03. The molecular formula is C19H24ClN5O2. The molecule has 0 unspecified atom stereocenters. The van der Waals surface area contributed by atoms with Crippen LogP contribution in [0.1, 0.15) is 29.0 Å². The second-order valence-corrected chi connectivity index (χ2v) is 7.55. The Morgan fingerprint density at radius 1 is 1.04 bits per heavy atom. The number of halogens is 1. The number of carbonyl (C=O) groups excluding carboxylic acids is 1.